The van der Waals surface area contributed by atoms with Gasteiger partial charge in [-0.15, -0.1) is 21.5 Å². The molecule has 1 N–H and O–H groups in total. The molecule has 6 nitrogen and oxygen atoms in total. The largest absolute Gasteiger partial charge is 0.316 e. The summed E-state index contributed by atoms with van der Waals surface area (Å²) in [6.45, 7) is 1.87. The summed E-state index contributed by atoms with van der Waals surface area (Å²) in [5, 5.41) is 22.3. The molecule has 1 amide bonds. The molecule has 2 aliphatic rings. The lowest BCUT2D eigenvalue weighted by Crippen LogP contribution is -2.22. The fourth-order valence-corrected chi connectivity index (χ4v) is 5.56. The Labute approximate surface area is 167 Å². The Kier molecular flexibility index (Phi) is 5.24. The number of hydrogen-bond acceptors (Lipinski definition) is 6. The van der Waals surface area contributed by atoms with Crippen molar-refractivity contribution in [3.05, 3.63) is 21.8 Å². The van der Waals surface area contributed by atoms with Crippen LogP contribution in [0.2, 0.25) is 0 Å². The van der Waals surface area contributed by atoms with Crippen LogP contribution in [0.3, 0.4) is 0 Å². The molecule has 27 heavy (non-hydrogen) atoms. The molecule has 4 rings (SSSR count). The van der Waals surface area contributed by atoms with Crippen molar-refractivity contribution in [1.82, 2.24) is 14.8 Å². The van der Waals surface area contributed by atoms with Crippen LogP contribution in [0.5, 0.6) is 0 Å². The third kappa shape index (κ3) is 3.76. The van der Waals surface area contributed by atoms with Crippen LogP contribution < -0.4 is 5.32 Å². The number of rotatable bonds is 5. The monoisotopic (exact) mass is 401 g/mol. The minimum Gasteiger partial charge on any atom is -0.316 e. The SMILES string of the molecule is C[C@H](Sc1nnc(C2CC2)n1C)C(=O)Nc1sc2c(c1C#N)CCCCC2. The molecular weight excluding hydrogens is 378 g/mol. The van der Waals surface area contributed by atoms with Gasteiger partial charge in [-0.3, -0.25) is 4.79 Å². The number of anilines is 1. The summed E-state index contributed by atoms with van der Waals surface area (Å²) in [4.78, 5) is 14.0. The Morgan fingerprint density at radius 3 is 2.85 bits per heavy atom. The molecular formula is C19H23N5OS2. The van der Waals surface area contributed by atoms with Crippen molar-refractivity contribution in [3.63, 3.8) is 0 Å². The van der Waals surface area contributed by atoms with Crippen LogP contribution in [0.15, 0.2) is 5.16 Å². The van der Waals surface area contributed by atoms with Crippen LogP contribution in [0.1, 0.15) is 66.8 Å². The maximum atomic E-state index is 12.7. The number of aryl methyl sites for hydroxylation is 1. The lowest BCUT2D eigenvalue weighted by molar-refractivity contribution is -0.115. The van der Waals surface area contributed by atoms with E-state index in [1.807, 2.05) is 18.5 Å². The van der Waals surface area contributed by atoms with Gasteiger partial charge >= 0.3 is 0 Å². The second-order valence-corrected chi connectivity index (χ2v) is 9.72. The second kappa shape index (κ2) is 7.64. The molecule has 0 spiro atoms. The zero-order valence-corrected chi connectivity index (χ0v) is 17.3. The highest BCUT2D eigenvalue weighted by Gasteiger charge is 2.30. The number of carbonyl (C=O) groups excluding carboxylic acids is 1. The van der Waals surface area contributed by atoms with E-state index in [4.69, 9.17) is 0 Å². The molecule has 8 heteroatoms. The third-order valence-corrected chi connectivity index (χ3v) is 7.57. The van der Waals surface area contributed by atoms with Gasteiger partial charge in [0.15, 0.2) is 5.16 Å². The Morgan fingerprint density at radius 1 is 1.33 bits per heavy atom. The molecule has 2 aromatic heterocycles. The smallest absolute Gasteiger partial charge is 0.238 e. The molecule has 1 fully saturated rings. The zero-order chi connectivity index (χ0) is 19.0. The first-order valence-electron chi connectivity index (χ1n) is 9.50. The highest BCUT2D eigenvalue weighted by molar-refractivity contribution is 8.00. The molecule has 1 atom stereocenters. The number of nitriles is 1. The number of nitrogens with zero attached hydrogens (tertiary/aromatic N) is 4. The molecule has 1 saturated carbocycles. The first-order valence-corrected chi connectivity index (χ1v) is 11.2. The lowest BCUT2D eigenvalue weighted by Gasteiger charge is -2.11. The van der Waals surface area contributed by atoms with E-state index in [1.54, 1.807) is 11.3 Å². The zero-order valence-electron chi connectivity index (χ0n) is 15.6. The summed E-state index contributed by atoms with van der Waals surface area (Å²) in [6.07, 6.45) is 7.79. The molecule has 0 bridgehead atoms. The van der Waals surface area contributed by atoms with Gasteiger partial charge in [-0.1, -0.05) is 18.2 Å². The highest BCUT2D eigenvalue weighted by atomic mass is 32.2. The molecule has 2 heterocycles. The van der Waals surface area contributed by atoms with Crippen molar-refractivity contribution in [2.45, 2.75) is 68.2 Å². The van der Waals surface area contributed by atoms with Crippen molar-refractivity contribution < 1.29 is 4.79 Å². The first kappa shape index (κ1) is 18.5. The summed E-state index contributed by atoms with van der Waals surface area (Å²) in [5.41, 5.74) is 1.81. The summed E-state index contributed by atoms with van der Waals surface area (Å²) in [7, 11) is 1.96. The number of carbonyl (C=O) groups is 1. The van der Waals surface area contributed by atoms with E-state index < -0.39 is 0 Å². The van der Waals surface area contributed by atoms with Crippen LogP contribution in [0.25, 0.3) is 0 Å². The van der Waals surface area contributed by atoms with Gasteiger partial charge in [-0.05, 0) is 51.0 Å². The Morgan fingerprint density at radius 2 is 2.11 bits per heavy atom. The fraction of sp³-hybridized carbons (Fsp3) is 0.579. The Balaban J connectivity index is 1.46. The van der Waals surface area contributed by atoms with E-state index in [2.05, 4.69) is 21.6 Å². The average Bonchev–Trinajstić information content (AvgIpc) is 3.40. The van der Waals surface area contributed by atoms with Gasteiger partial charge < -0.3 is 9.88 Å². The maximum absolute atomic E-state index is 12.7. The van der Waals surface area contributed by atoms with Crippen LogP contribution in [0, 0.1) is 11.3 Å². The van der Waals surface area contributed by atoms with Gasteiger partial charge in [0.2, 0.25) is 5.91 Å². The van der Waals surface area contributed by atoms with E-state index >= 15 is 0 Å². The Bertz CT molecular complexity index is 906. The molecule has 2 aliphatic carbocycles. The van der Waals surface area contributed by atoms with Crippen molar-refractivity contribution in [1.29, 1.82) is 5.26 Å². The number of hydrogen-bond donors (Lipinski definition) is 1. The van der Waals surface area contributed by atoms with Gasteiger partial charge in [0.25, 0.3) is 0 Å². The normalized spacial score (nSPS) is 17.7. The van der Waals surface area contributed by atoms with Crippen LogP contribution in [-0.2, 0) is 24.7 Å². The fourth-order valence-electron chi connectivity index (χ4n) is 3.50. The minimum absolute atomic E-state index is 0.0936. The van der Waals surface area contributed by atoms with E-state index in [-0.39, 0.29) is 11.2 Å². The summed E-state index contributed by atoms with van der Waals surface area (Å²) < 4.78 is 2.00. The molecule has 0 saturated heterocycles. The minimum atomic E-state index is -0.312. The van der Waals surface area contributed by atoms with Crippen LogP contribution >= 0.6 is 23.1 Å². The predicted molar refractivity (Wildman–Crippen MR) is 107 cm³/mol. The molecule has 0 unspecified atom stereocenters. The van der Waals surface area contributed by atoms with Crippen LogP contribution in [-0.4, -0.2) is 25.9 Å². The average molecular weight is 402 g/mol. The van der Waals surface area contributed by atoms with E-state index in [9.17, 15) is 10.1 Å². The topological polar surface area (TPSA) is 83.6 Å². The number of nitrogens with one attached hydrogen (secondary N) is 1. The van der Waals surface area contributed by atoms with E-state index in [0.29, 0.717) is 16.5 Å². The summed E-state index contributed by atoms with van der Waals surface area (Å²) >= 11 is 2.99. The molecule has 0 aromatic carbocycles. The molecule has 0 radical (unpaired) electrons. The summed E-state index contributed by atoms with van der Waals surface area (Å²) in [5.74, 6) is 1.45. The van der Waals surface area contributed by atoms with Gasteiger partial charge in [0, 0.05) is 17.8 Å². The Hall–Kier alpha value is -1.85. The third-order valence-electron chi connectivity index (χ3n) is 5.23. The molecule has 0 aliphatic heterocycles. The maximum Gasteiger partial charge on any atom is 0.238 e. The van der Waals surface area contributed by atoms with Gasteiger partial charge in [0.05, 0.1) is 10.8 Å². The van der Waals surface area contributed by atoms with Crippen molar-refractivity contribution in [2.75, 3.05) is 5.32 Å². The standard InChI is InChI=1S/C19H23N5OS2/c1-11(26-19-23-22-16(24(19)2)12-8-9-12)17(25)21-18-14(10-20)13-6-4-3-5-7-15(13)27-18/h11-12H,3-9H2,1-2H3,(H,21,25)/t11-/m0/s1. The van der Waals surface area contributed by atoms with Crippen molar-refractivity contribution >= 4 is 34.0 Å². The van der Waals surface area contributed by atoms with E-state index in [0.717, 1.165) is 42.2 Å². The van der Waals surface area contributed by atoms with Gasteiger partial charge in [0.1, 0.15) is 16.9 Å². The van der Waals surface area contributed by atoms with Gasteiger partial charge in [-0.2, -0.15) is 5.26 Å². The predicted octanol–water partition coefficient (Wildman–Crippen LogP) is 4.01. The number of thioether (sulfide) groups is 1. The first-order chi connectivity index (χ1) is 13.1. The van der Waals surface area contributed by atoms with Crippen LogP contribution in [0.4, 0.5) is 5.00 Å². The van der Waals surface area contributed by atoms with Crippen molar-refractivity contribution in [2.24, 2.45) is 7.05 Å². The number of amides is 1. The van der Waals surface area contributed by atoms with Crippen molar-refractivity contribution in [3.8, 4) is 6.07 Å². The second-order valence-electron chi connectivity index (χ2n) is 7.30. The van der Waals surface area contributed by atoms with Gasteiger partial charge in [-0.25, -0.2) is 0 Å². The number of thiophene rings is 1. The molecule has 2 aromatic rings. The quantitative estimate of drug-likeness (QED) is 0.604. The number of aromatic nitrogens is 3. The molecule has 142 valence electrons. The van der Waals surface area contributed by atoms with E-state index in [1.165, 1.54) is 35.9 Å². The lowest BCUT2D eigenvalue weighted by atomic mass is 10.1. The highest BCUT2D eigenvalue weighted by Crippen LogP contribution is 2.40. The number of fused-ring (bicyclic) bond motifs is 1. The summed E-state index contributed by atoms with van der Waals surface area (Å²) in [6, 6.07) is 2.32.